The summed E-state index contributed by atoms with van der Waals surface area (Å²) in [4.78, 5) is 36.0. The fraction of sp³-hybridized carbons (Fsp3) is 0.237. The molecule has 6 rings (SSSR count). The highest BCUT2D eigenvalue weighted by molar-refractivity contribution is 8.12. The molecule has 0 amide bonds. The normalized spacial score (nSPS) is 10.7. The van der Waals surface area contributed by atoms with Crippen LogP contribution in [0.25, 0.3) is 21.5 Å². The summed E-state index contributed by atoms with van der Waals surface area (Å²) in [5, 5.41) is 12.8. The number of benzene rings is 4. The maximum absolute atomic E-state index is 11.4. The Hall–Kier alpha value is -3.80. The molecule has 14 heteroatoms. The number of alkyl halides is 1. The number of thioether (sulfide) groups is 3. The number of fused-ring (bicyclic) bond motifs is 2. The lowest BCUT2D eigenvalue weighted by Gasteiger charge is -2.10. The number of hydrogen-bond donors (Lipinski definition) is 0. The standard InChI is InChI=1S/C20H20N2O3S2.C18H17ClN2O2S.H3P/c1-13(23)25-20-10-18(8-15-6-4-5-7-19(15)20)27-12-17-9-16(21-22(17)3)11-26-14(2)24;1-12(22)23-18-9-16(7-13-5-3-4-6-17(13)18)24-11-15-8-14(10-19)20-21(15)2;/h4-10H,11-12H2,1-3H3;3-9H,10-11H2,1-2H3;1H3. The lowest BCUT2D eigenvalue weighted by molar-refractivity contribution is -0.132. The van der Waals surface area contributed by atoms with Gasteiger partial charge in [-0.3, -0.25) is 23.7 Å². The van der Waals surface area contributed by atoms with Crippen molar-refractivity contribution < 1.29 is 23.9 Å². The number of nitrogens with zero attached hydrogens (tertiary/aromatic N) is 4. The van der Waals surface area contributed by atoms with Crippen molar-refractivity contribution in [2.75, 3.05) is 0 Å². The molecule has 0 radical (unpaired) electrons. The number of carbonyl (C=O) groups is 3. The first kappa shape index (κ1) is 41.0. The number of halogens is 1. The van der Waals surface area contributed by atoms with E-state index in [-0.39, 0.29) is 27.0 Å². The van der Waals surface area contributed by atoms with Gasteiger partial charge in [-0.2, -0.15) is 20.1 Å². The molecule has 0 saturated carbocycles. The van der Waals surface area contributed by atoms with Gasteiger partial charge < -0.3 is 9.47 Å². The number of esters is 2. The maximum atomic E-state index is 11.4. The van der Waals surface area contributed by atoms with Gasteiger partial charge in [0.2, 0.25) is 0 Å². The van der Waals surface area contributed by atoms with Gasteiger partial charge in [0.25, 0.3) is 0 Å². The fourth-order valence-electron chi connectivity index (χ4n) is 5.18. The maximum Gasteiger partial charge on any atom is 0.308 e. The Morgan fingerprint density at radius 2 is 1.10 bits per heavy atom. The van der Waals surface area contributed by atoms with Crippen LogP contribution in [-0.2, 0) is 51.6 Å². The monoisotopic (exact) mass is 794 g/mol. The quantitative estimate of drug-likeness (QED) is 0.0415. The van der Waals surface area contributed by atoms with Crippen LogP contribution in [0.3, 0.4) is 0 Å². The van der Waals surface area contributed by atoms with Gasteiger partial charge in [-0.25, -0.2) is 0 Å². The summed E-state index contributed by atoms with van der Waals surface area (Å²) in [5.74, 6) is 3.00. The van der Waals surface area contributed by atoms with Crippen LogP contribution in [0, 0.1) is 0 Å². The third-order valence-corrected chi connectivity index (χ3v) is 10.6. The minimum atomic E-state index is -0.332. The molecule has 0 bridgehead atoms. The van der Waals surface area contributed by atoms with Crippen LogP contribution in [0.2, 0.25) is 0 Å². The summed E-state index contributed by atoms with van der Waals surface area (Å²) in [7, 11) is 3.82. The summed E-state index contributed by atoms with van der Waals surface area (Å²) in [6.45, 7) is 4.38. The number of aromatic nitrogens is 4. The number of ether oxygens (including phenoxy) is 2. The Labute approximate surface area is 324 Å². The zero-order chi connectivity index (χ0) is 36.5. The van der Waals surface area contributed by atoms with Crippen molar-refractivity contribution in [3.63, 3.8) is 0 Å². The fourth-order valence-corrected chi connectivity index (χ4v) is 7.78. The summed E-state index contributed by atoms with van der Waals surface area (Å²) < 4.78 is 14.5. The Bertz CT molecular complexity index is 2210. The average Bonchev–Trinajstić information content (AvgIpc) is 3.65. The van der Waals surface area contributed by atoms with Crippen LogP contribution in [0.15, 0.2) is 94.7 Å². The third-order valence-electron chi connectivity index (χ3n) is 7.49. The van der Waals surface area contributed by atoms with E-state index in [1.165, 1.54) is 25.6 Å². The molecule has 52 heavy (non-hydrogen) atoms. The van der Waals surface area contributed by atoms with Crippen molar-refractivity contribution in [3.05, 3.63) is 108 Å². The number of aryl methyl sites for hydroxylation is 2. The van der Waals surface area contributed by atoms with E-state index >= 15 is 0 Å². The zero-order valence-electron chi connectivity index (χ0n) is 29.6. The van der Waals surface area contributed by atoms with Crippen LogP contribution in [0.4, 0.5) is 0 Å². The first-order valence-corrected chi connectivity index (χ1v) is 19.4. The Balaban J connectivity index is 0.000000230. The largest absolute Gasteiger partial charge is 0.426 e. The molecule has 0 saturated heterocycles. The van der Waals surface area contributed by atoms with Gasteiger partial charge in [0.05, 0.1) is 17.3 Å². The second kappa shape index (κ2) is 19.3. The zero-order valence-corrected chi connectivity index (χ0v) is 34.2. The van der Waals surface area contributed by atoms with Crippen molar-refractivity contribution in [3.8, 4) is 11.5 Å². The molecule has 272 valence electrons. The molecule has 4 aromatic carbocycles. The van der Waals surface area contributed by atoms with Gasteiger partial charge in [-0.1, -0.05) is 60.3 Å². The molecule has 6 aromatic rings. The van der Waals surface area contributed by atoms with Gasteiger partial charge in [0.1, 0.15) is 11.5 Å². The van der Waals surface area contributed by atoms with Crippen molar-refractivity contribution >= 4 is 95.4 Å². The minimum absolute atomic E-state index is 0. The van der Waals surface area contributed by atoms with E-state index in [4.69, 9.17) is 21.1 Å². The van der Waals surface area contributed by atoms with Crippen LogP contribution in [0.1, 0.15) is 43.5 Å². The average molecular weight is 795 g/mol. The summed E-state index contributed by atoms with van der Waals surface area (Å²) in [6.07, 6.45) is 0. The molecule has 2 aromatic heterocycles. The number of carbonyl (C=O) groups excluding carboxylic acids is 3. The highest BCUT2D eigenvalue weighted by Crippen LogP contribution is 2.35. The summed E-state index contributed by atoms with van der Waals surface area (Å²) in [6, 6.07) is 27.8. The molecule has 9 nitrogen and oxygen atoms in total. The van der Waals surface area contributed by atoms with E-state index in [9.17, 15) is 14.4 Å². The first-order valence-electron chi connectivity index (χ1n) is 15.9. The van der Waals surface area contributed by atoms with Crippen LogP contribution < -0.4 is 9.47 Å². The number of rotatable bonds is 11. The van der Waals surface area contributed by atoms with Crippen LogP contribution in [0.5, 0.6) is 11.5 Å². The molecule has 1 unspecified atom stereocenters. The van der Waals surface area contributed by atoms with E-state index in [1.54, 1.807) is 30.4 Å². The van der Waals surface area contributed by atoms with Gasteiger partial charge >= 0.3 is 11.9 Å². The Morgan fingerprint density at radius 3 is 1.52 bits per heavy atom. The molecule has 0 fully saturated rings. The summed E-state index contributed by atoms with van der Waals surface area (Å²) >= 11 is 10.4. The number of hydrogen-bond acceptors (Lipinski definition) is 10. The highest BCUT2D eigenvalue weighted by atomic mass is 35.5. The SMILES string of the molecule is CC(=O)Oc1cc(SCc2cc(CCl)nn2C)cc2ccccc12.CC(=O)Oc1cc(SCc2cc(CSC(C)=O)nn2C)cc2ccccc12.P. The van der Waals surface area contributed by atoms with Gasteiger partial charge in [0.15, 0.2) is 5.12 Å². The van der Waals surface area contributed by atoms with E-state index < -0.39 is 0 Å². The van der Waals surface area contributed by atoms with Gasteiger partial charge in [0, 0.05) is 84.1 Å². The molecular formula is C38H40ClN4O5PS3. The topological polar surface area (TPSA) is 105 Å². The molecule has 0 aliphatic heterocycles. The molecule has 0 aliphatic rings. The molecule has 0 N–H and O–H groups in total. The summed E-state index contributed by atoms with van der Waals surface area (Å²) in [5.41, 5.74) is 3.93. The van der Waals surface area contributed by atoms with E-state index in [2.05, 4.69) is 22.3 Å². The van der Waals surface area contributed by atoms with E-state index in [0.717, 1.165) is 65.6 Å². The molecule has 2 heterocycles. The lowest BCUT2D eigenvalue weighted by atomic mass is 10.1. The molecular weight excluding hydrogens is 755 g/mol. The first-order chi connectivity index (χ1) is 24.5. The van der Waals surface area contributed by atoms with Crippen molar-refractivity contribution in [2.45, 2.75) is 53.7 Å². The minimum Gasteiger partial charge on any atom is -0.426 e. The molecule has 0 aliphatic carbocycles. The third kappa shape index (κ3) is 11.3. The Morgan fingerprint density at radius 1 is 0.654 bits per heavy atom. The van der Waals surface area contributed by atoms with Gasteiger partial charge in [-0.05, 0) is 47.2 Å². The second-order valence-corrected chi connectivity index (χ2v) is 15.0. The predicted octanol–water partition coefficient (Wildman–Crippen LogP) is 9.16. The highest BCUT2D eigenvalue weighted by Gasteiger charge is 2.12. The van der Waals surface area contributed by atoms with E-state index in [1.807, 2.05) is 96.3 Å². The van der Waals surface area contributed by atoms with Crippen molar-refractivity contribution in [1.29, 1.82) is 0 Å². The Kier molecular flexibility index (Phi) is 15.2. The molecule has 0 spiro atoms. The van der Waals surface area contributed by atoms with Gasteiger partial charge in [-0.15, -0.1) is 35.1 Å². The van der Waals surface area contributed by atoms with Crippen molar-refractivity contribution in [2.24, 2.45) is 14.1 Å². The molecule has 1 atom stereocenters. The lowest BCUT2D eigenvalue weighted by Crippen LogP contribution is -2.02. The predicted molar refractivity (Wildman–Crippen MR) is 219 cm³/mol. The van der Waals surface area contributed by atoms with Crippen LogP contribution in [-0.4, -0.2) is 36.6 Å². The van der Waals surface area contributed by atoms with Crippen LogP contribution >= 0.6 is 56.8 Å². The smallest absolute Gasteiger partial charge is 0.308 e. The second-order valence-electron chi connectivity index (χ2n) is 11.5. The van der Waals surface area contributed by atoms with E-state index in [0.29, 0.717) is 23.1 Å². The van der Waals surface area contributed by atoms with Crippen molar-refractivity contribution in [1.82, 2.24) is 19.6 Å².